The first kappa shape index (κ1) is 28.5. The van der Waals surface area contributed by atoms with Gasteiger partial charge in [0.15, 0.2) is 0 Å². The van der Waals surface area contributed by atoms with E-state index in [0.717, 1.165) is 23.5 Å². The molecule has 6 N–H and O–H groups in total. The summed E-state index contributed by atoms with van der Waals surface area (Å²) >= 11 is 5.88. The fraction of sp³-hybridized carbons (Fsp3) is 0.800. The number of aliphatic hydroxyl groups is 3. The van der Waals surface area contributed by atoms with E-state index in [2.05, 4.69) is 12.6 Å². The van der Waals surface area contributed by atoms with Crippen molar-refractivity contribution in [2.24, 2.45) is 5.41 Å². The topological polar surface area (TPSA) is 173 Å². The second kappa shape index (κ2) is 16.3. The molecule has 0 rings (SSSR count). The Balaban J connectivity index is 0. The van der Waals surface area contributed by atoms with Crippen molar-refractivity contribution in [3.8, 4) is 0 Å². The highest BCUT2D eigenvalue weighted by molar-refractivity contribution is 8.04. The molecule has 2 atom stereocenters. The van der Waals surface area contributed by atoms with Crippen LogP contribution in [0.25, 0.3) is 0 Å². The number of carboxylic acid groups (broad SMARTS) is 3. The van der Waals surface area contributed by atoms with E-state index in [0.29, 0.717) is 6.42 Å². The van der Waals surface area contributed by atoms with Crippen molar-refractivity contribution in [1.29, 1.82) is 0 Å². The molecular formula is C15H28O9S3. The molecule has 160 valence electrons. The van der Waals surface area contributed by atoms with E-state index in [1.807, 2.05) is 6.92 Å². The smallest absolute Gasteiger partial charge is 0.317 e. The van der Waals surface area contributed by atoms with Gasteiger partial charge in [-0.15, -0.1) is 23.5 Å². The maximum atomic E-state index is 10.9. The van der Waals surface area contributed by atoms with Gasteiger partial charge in [-0.25, -0.2) is 0 Å². The monoisotopic (exact) mass is 448 g/mol. The molecule has 0 saturated heterocycles. The summed E-state index contributed by atoms with van der Waals surface area (Å²) in [6.45, 7) is 1.35. The largest absolute Gasteiger partial charge is 0.481 e. The number of carbonyl (C=O) groups is 3. The quantitative estimate of drug-likeness (QED) is 0.180. The van der Waals surface area contributed by atoms with E-state index in [9.17, 15) is 14.4 Å². The molecule has 0 aromatic heterocycles. The number of thiol groups is 1. The summed E-state index contributed by atoms with van der Waals surface area (Å²) < 4.78 is 0. The average molecular weight is 449 g/mol. The standard InChI is InChI=1S/C9H14O6S3.C6H14O3/c10-7(11)1-2-17-6(9(14)15)4-18-5(3-16)8(12)13;1-2-6(3-7,4-8)5-9/h5-6,16H,1-4H2,(H,10,11)(H,12,13)(H,14,15);7-9H,2-5H2,1H3/t5?,6-;/m1./s1. The predicted molar refractivity (Wildman–Crippen MR) is 108 cm³/mol. The fourth-order valence-electron chi connectivity index (χ4n) is 1.37. The second-order valence-electron chi connectivity index (χ2n) is 5.51. The molecule has 0 bridgehead atoms. The first-order valence-electron chi connectivity index (χ1n) is 7.97. The number of hydrogen-bond donors (Lipinski definition) is 7. The van der Waals surface area contributed by atoms with E-state index in [4.69, 9.17) is 30.6 Å². The van der Waals surface area contributed by atoms with Crippen LogP contribution in [0.1, 0.15) is 19.8 Å². The molecule has 0 aliphatic heterocycles. The third-order valence-corrected chi connectivity index (χ3v) is 6.89. The lowest BCUT2D eigenvalue weighted by Gasteiger charge is -2.24. The zero-order valence-corrected chi connectivity index (χ0v) is 17.5. The van der Waals surface area contributed by atoms with E-state index < -0.39 is 33.8 Å². The van der Waals surface area contributed by atoms with Crippen LogP contribution in [-0.4, -0.2) is 96.1 Å². The SMILES string of the molecule is CCC(CO)(CO)CO.O=C(O)CCS[C@H](CSC(CS)C(=O)O)C(=O)O. The average Bonchev–Trinajstić information content (AvgIpc) is 2.63. The van der Waals surface area contributed by atoms with Crippen LogP contribution < -0.4 is 0 Å². The zero-order valence-electron chi connectivity index (χ0n) is 15.0. The lowest BCUT2D eigenvalue weighted by molar-refractivity contribution is -0.137. The Morgan fingerprint density at radius 2 is 1.41 bits per heavy atom. The third kappa shape index (κ3) is 13.2. The molecule has 0 amide bonds. The van der Waals surface area contributed by atoms with Crippen LogP contribution in [-0.2, 0) is 14.4 Å². The minimum Gasteiger partial charge on any atom is -0.481 e. The van der Waals surface area contributed by atoms with Crippen molar-refractivity contribution in [1.82, 2.24) is 0 Å². The minimum absolute atomic E-state index is 0.108. The molecule has 0 aromatic carbocycles. The summed E-state index contributed by atoms with van der Waals surface area (Å²) in [7, 11) is 0. The first-order chi connectivity index (χ1) is 12.6. The summed E-state index contributed by atoms with van der Waals surface area (Å²) in [4.78, 5) is 31.9. The van der Waals surface area contributed by atoms with Crippen molar-refractivity contribution in [2.75, 3.05) is 37.1 Å². The second-order valence-corrected chi connectivity index (χ2v) is 8.42. The van der Waals surface area contributed by atoms with Crippen molar-refractivity contribution in [2.45, 2.75) is 30.3 Å². The summed E-state index contributed by atoms with van der Waals surface area (Å²) in [5.41, 5.74) is -0.667. The van der Waals surface area contributed by atoms with E-state index in [1.54, 1.807) is 0 Å². The molecule has 0 heterocycles. The van der Waals surface area contributed by atoms with Crippen LogP contribution in [0.5, 0.6) is 0 Å². The molecule has 0 aliphatic carbocycles. The highest BCUT2D eigenvalue weighted by Gasteiger charge is 2.25. The van der Waals surface area contributed by atoms with Crippen LogP contribution in [0.15, 0.2) is 0 Å². The van der Waals surface area contributed by atoms with Gasteiger partial charge in [-0.05, 0) is 6.42 Å². The van der Waals surface area contributed by atoms with Crippen LogP contribution >= 0.6 is 36.2 Å². The summed E-state index contributed by atoms with van der Waals surface area (Å²) in [6.07, 6.45) is 0.477. The van der Waals surface area contributed by atoms with Crippen molar-refractivity contribution >= 4 is 54.1 Å². The molecule has 0 aliphatic rings. The van der Waals surface area contributed by atoms with Gasteiger partial charge < -0.3 is 30.6 Å². The molecule has 0 fully saturated rings. The fourth-order valence-corrected chi connectivity index (χ4v) is 3.98. The molecular weight excluding hydrogens is 420 g/mol. The molecule has 0 saturated carbocycles. The van der Waals surface area contributed by atoms with Gasteiger partial charge in [0.25, 0.3) is 0 Å². The van der Waals surface area contributed by atoms with Gasteiger partial charge in [0, 0.05) is 22.7 Å². The van der Waals surface area contributed by atoms with Crippen LogP contribution in [0, 0.1) is 5.41 Å². The normalized spacial score (nSPS) is 13.2. The van der Waals surface area contributed by atoms with Crippen LogP contribution in [0.3, 0.4) is 0 Å². The maximum Gasteiger partial charge on any atom is 0.317 e. The first-order valence-corrected chi connectivity index (χ1v) is 10.7. The number of rotatable bonds is 14. The Hall–Kier alpha value is -0.660. The minimum atomic E-state index is -1.07. The Kier molecular flexibility index (Phi) is 17.2. The van der Waals surface area contributed by atoms with Gasteiger partial charge in [-0.2, -0.15) is 12.6 Å². The zero-order chi connectivity index (χ0) is 21.5. The summed E-state index contributed by atoms with van der Waals surface area (Å²) in [5.74, 6) is -2.68. The molecule has 9 nitrogen and oxygen atoms in total. The van der Waals surface area contributed by atoms with Crippen molar-refractivity contribution < 1.29 is 45.0 Å². The number of aliphatic carboxylic acids is 3. The lowest BCUT2D eigenvalue weighted by Crippen LogP contribution is -2.32. The highest BCUT2D eigenvalue weighted by atomic mass is 32.2. The van der Waals surface area contributed by atoms with Gasteiger partial charge in [0.1, 0.15) is 10.5 Å². The van der Waals surface area contributed by atoms with Gasteiger partial charge in [-0.1, -0.05) is 6.92 Å². The summed E-state index contributed by atoms with van der Waals surface area (Å²) in [6, 6.07) is 0. The number of aliphatic hydroxyl groups excluding tert-OH is 3. The molecule has 1 unspecified atom stereocenters. The Morgan fingerprint density at radius 3 is 1.67 bits per heavy atom. The molecule has 0 radical (unpaired) electrons. The number of hydrogen-bond acceptors (Lipinski definition) is 9. The van der Waals surface area contributed by atoms with Gasteiger partial charge in [0.05, 0.1) is 26.2 Å². The summed E-state index contributed by atoms with van der Waals surface area (Å²) in [5, 5.41) is 50.5. The molecule has 12 heteroatoms. The van der Waals surface area contributed by atoms with E-state index in [1.165, 1.54) is 0 Å². The van der Waals surface area contributed by atoms with Gasteiger partial charge in [-0.3, -0.25) is 14.4 Å². The van der Waals surface area contributed by atoms with Gasteiger partial charge in [0.2, 0.25) is 0 Å². The molecule has 0 aromatic rings. The third-order valence-electron chi connectivity index (χ3n) is 3.56. The Morgan fingerprint density at radius 1 is 0.926 bits per heavy atom. The lowest BCUT2D eigenvalue weighted by atomic mass is 9.88. The maximum absolute atomic E-state index is 10.9. The van der Waals surface area contributed by atoms with E-state index >= 15 is 0 Å². The van der Waals surface area contributed by atoms with Crippen molar-refractivity contribution in [3.05, 3.63) is 0 Å². The highest BCUT2D eigenvalue weighted by Crippen LogP contribution is 2.22. The van der Waals surface area contributed by atoms with Gasteiger partial charge >= 0.3 is 17.9 Å². The van der Waals surface area contributed by atoms with Crippen LogP contribution in [0.2, 0.25) is 0 Å². The predicted octanol–water partition coefficient (Wildman–Crippen LogP) is 0.123. The number of carboxylic acids is 3. The Labute approximate surface area is 172 Å². The van der Waals surface area contributed by atoms with E-state index in [-0.39, 0.29) is 43.5 Å². The molecule has 27 heavy (non-hydrogen) atoms. The Bertz CT molecular complexity index is 427. The number of thioether (sulfide) groups is 2. The molecule has 0 spiro atoms. The van der Waals surface area contributed by atoms with Crippen molar-refractivity contribution in [3.63, 3.8) is 0 Å². The van der Waals surface area contributed by atoms with Crippen LogP contribution in [0.4, 0.5) is 0 Å².